The minimum Gasteiger partial charge on any atom is -0.383 e. The van der Waals surface area contributed by atoms with Gasteiger partial charge in [-0.25, -0.2) is 0 Å². The first kappa shape index (κ1) is 5.44. The lowest BCUT2D eigenvalue weighted by molar-refractivity contribution is 0.230. The normalized spacial score (nSPS) is 8.40. The highest BCUT2D eigenvalue weighted by Gasteiger charge is 1.69. The van der Waals surface area contributed by atoms with Gasteiger partial charge in [0.2, 0.25) is 0 Å². The summed E-state index contributed by atoms with van der Waals surface area (Å²) in [6, 6.07) is 0. The third-order valence-corrected chi connectivity index (χ3v) is 0.494. The number of halogens is 1. The molecule has 0 amide bonds. The molecule has 0 aliphatic rings. The third kappa shape index (κ3) is 4.44. The largest absolute Gasteiger partial charge is 0.383 e. The molecule has 31 valence electrons. The van der Waals surface area contributed by atoms with Crippen LogP contribution in [0.4, 0.5) is 0 Å². The van der Waals surface area contributed by atoms with E-state index in [1.165, 1.54) is 0 Å². The van der Waals surface area contributed by atoms with Crippen molar-refractivity contribution >= 4 is 15.9 Å². The average molecular weight is 138 g/mol. The van der Waals surface area contributed by atoms with E-state index >= 15 is 0 Å². The highest BCUT2D eigenvalue weighted by molar-refractivity contribution is 9.10. The van der Waals surface area contributed by atoms with Gasteiger partial charge >= 0.3 is 0 Å². The van der Waals surface area contributed by atoms with E-state index in [1.807, 2.05) is 0 Å². The fourth-order valence-electron chi connectivity index (χ4n) is 0.0630. The van der Waals surface area contributed by atoms with Crippen molar-refractivity contribution in [1.82, 2.24) is 0 Å². The Morgan fingerprint density at radius 2 is 2.60 bits per heavy atom. The lowest BCUT2D eigenvalue weighted by atomic mass is 10.9. The van der Waals surface area contributed by atoms with E-state index in [4.69, 9.17) is 0 Å². The van der Waals surface area contributed by atoms with Gasteiger partial charge in [0, 0.05) is 7.11 Å². The zero-order valence-corrected chi connectivity index (χ0v) is 4.66. The van der Waals surface area contributed by atoms with Crippen LogP contribution in [-0.2, 0) is 4.74 Å². The van der Waals surface area contributed by atoms with E-state index in [-0.39, 0.29) is 0 Å². The predicted octanol–water partition coefficient (Wildman–Crippen LogP) is 1.19. The molecule has 0 aromatic carbocycles. The summed E-state index contributed by atoms with van der Waals surface area (Å²) in [4.78, 5) is 0. The maximum Gasteiger partial charge on any atom is 0.0599 e. The van der Waals surface area contributed by atoms with Gasteiger partial charge in [0.25, 0.3) is 0 Å². The first-order valence-electron chi connectivity index (χ1n) is 1.32. The molecule has 0 fully saturated rings. The van der Waals surface area contributed by atoms with Crippen LogP contribution in [-0.4, -0.2) is 13.7 Å². The van der Waals surface area contributed by atoms with Crippen molar-refractivity contribution in [1.29, 1.82) is 0 Å². The summed E-state index contributed by atoms with van der Waals surface area (Å²) in [5, 5.41) is 1.77. The minimum atomic E-state index is 0.681. The van der Waals surface area contributed by atoms with E-state index in [1.54, 1.807) is 12.4 Å². The topological polar surface area (TPSA) is 9.23 Å². The van der Waals surface area contributed by atoms with Crippen LogP contribution in [0.15, 0.2) is 0 Å². The van der Waals surface area contributed by atoms with Crippen molar-refractivity contribution in [2.45, 2.75) is 0 Å². The van der Waals surface area contributed by atoms with Crippen LogP contribution in [0, 0.1) is 5.33 Å². The molecule has 1 nitrogen and oxygen atoms in total. The molecule has 0 bridgehead atoms. The summed E-state index contributed by atoms with van der Waals surface area (Å²) in [7, 11) is 1.65. The Kier molecular flexibility index (Phi) is 4.83. The molecule has 0 spiro atoms. The molecule has 0 aromatic heterocycles. The lowest BCUT2D eigenvalue weighted by Gasteiger charge is -1.82. The average Bonchev–Trinajstić information content (AvgIpc) is 1.41. The van der Waals surface area contributed by atoms with E-state index in [2.05, 4.69) is 20.7 Å². The van der Waals surface area contributed by atoms with Crippen molar-refractivity contribution in [3.8, 4) is 0 Å². The molecule has 1 radical (unpaired) electrons. The van der Waals surface area contributed by atoms with Crippen LogP contribution >= 0.6 is 15.9 Å². The second-order valence-corrected chi connectivity index (χ2v) is 1.26. The summed E-state index contributed by atoms with van der Waals surface area (Å²) in [5.41, 5.74) is 0. The summed E-state index contributed by atoms with van der Waals surface area (Å²) in [6.45, 7) is 0.681. The molecule has 0 aliphatic heterocycles. The number of ether oxygens (including phenoxy) is 1. The summed E-state index contributed by atoms with van der Waals surface area (Å²) in [6.07, 6.45) is 0. The number of hydrogen-bond donors (Lipinski definition) is 0. The molecule has 0 saturated carbocycles. The van der Waals surface area contributed by atoms with Crippen molar-refractivity contribution in [3.63, 3.8) is 0 Å². The molecule has 0 N–H and O–H groups in total. The van der Waals surface area contributed by atoms with Crippen LogP contribution in [0.5, 0.6) is 0 Å². The van der Waals surface area contributed by atoms with Gasteiger partial charge in [-0.1, -0.05) is 15.9 Å². The third-order valence-electron chi connectivity index (χ3n) is 0.230. The highest BCUT2D eigenvalue weighted by atomic mass is 79.9. The molecule has 2 heteroatoms. The molecule has 0 atom stereocenters. The molecule has 0 unspecified atom stereocenters. The van der Waals surface area contributed by atoms with E-state index in [0.29, 0.717) is 6.61 Å². The van der Waals surface area contributed by atoms with Gasteiger partial charge < -0.3 is 4.74 Å². The van der Waals surface area contributed by atoms with E-state index in [9.17, 15) is 0 Å². The van der Waals surface area contributed by atoms with E-state index in [0.717, 1.165) is 0 Å². The van der Waals surface area contributed by atoms with Crippen molar-refractivity contribution in [2.75, 3.05) is 13.7 Å². The molecule has 0 aromatic rings. The molecular weight excluding hydrogens is 132 g/mol. The summed E-state index contributed by atoms with van der Waals surface area (Å²) >= 11 is 3.06. The van der Waals surface area contributed by atoms with Crippen LogP contribution in [0.2, 0.25) is 0 Å². The lowest BCUT2D eigenvalue weighted by Crippen LogP contribution is -1.79. The fraction of sp³-hybridized carbons (Fsp3) is 0.667. The van der Waals surface area contributed by atoms with Gasteiger partial charge in [-0.15, -0.1) is 0 Å². The van der Waals surface area contributed by atoms with Gasteiger partial charge in [-0.05, 0) is 0 Å². The minimum absolute atomic E-state index is 0.681. The molecular formula is C3H6BrO. The van der Waals surface area contributed by atoms with E-state index < -0.39 is 0 Å². The monoisotopic (exact) mass is 137 g/mol. The second kappa shape index (κ2) is 4.44. The van der Waals surface area contributed by atoms with Crippen LogP contribution in [0.3, 0.4) is 0 Å². The van der Waals surface area contributed by atoms with Crippen LogP contribution in [0.1, 0.15) is 0 Å². The fourth-order valence-corrected chi connectivity index (χ4v) is 0.327. The summed E-state index contributed by atoms with van der Waals surface area (Å²) < 4.78 is 4.59. The second-order valence-electron chi connectivity index (χ2n) is 0.610. The Morgan fingerprint density at radius 3 is 2.60 bits per heavy atom. The van der Waals surface area contributed by atoms with Crippen LogP contribution < -0.4 is 0 Å². The van der Waals surface area contributed by atoms with Crippen molar-refractivity contribution < 1.29 is 4.74 Å². The van der Waals surface area contributed by atoms with Gasteiger partial charge in [-0.2, -0.15) is 0 Å². The Balaban J connectivity index is 2.19. The number of rotatable bonds is 2. The molecule has 0 heterocycles. The SMILES string of the molecule is COC[CH]Br. The van der Waals surface area contributed by atoms with Gasteiger partial charge in [0.05, 0.1) is 11.9 Å². The van der Waals surface area contributed by atoms with Crippen molar-refractivity contribution in [3.05, 3.63) is 5.33 Å². The van der Waals surface area contributed by atoms with Crippen LogP contribution in [0.25, 0.3) is 0 Å². The smallest absolute Gasteiger partial charge is 0.0599 e. The highest BCUT2D eigenvalue weighted by Crippen LogP contribution is 1.84. The Morgan fingerprint density at radius 1 is 2.00 bits per heavy atom. The quantitative estimate of drug-likeness (QED) is 0.556. The predicted molar refractivity (Wildman–Crippen MR) is 25.1 cm³/mol. The maximum absolute atomic E-state index is 4.59. The first-order chi connectivity index (χ1) is 2.41. The molecule has 0 aliphatic carbocycles. The Labute approximate surface area is 40.5 Å². The number of hydrogen-bond acceptors (Lipinski definition) is 1. The Hall–Kier alpha value is 0.440. The van der Waals surface area contributed by atoms with Gasteiger partial charge in [-0.3, -0.25) is 0 Å². The van der Waals surface area contributed by atoms with Gasteiger partial charge in [0.15, 0.2) is 0 Å². The van der Waals surface area contributed by atoms with Gasteiger partial charge in [0.1, 0.15) is 0 Å². The zero-order chi connectivity index (χ0) is 4.12. The standard InChI is InChI=1S/C3H6BrO/c1-5-3-2-4/h2H,3H2,1H3. The Bertz CT molecular complexity index is 14.4. The summed E-state index contributed by atoms with van der Waals surface area (Å²) in [5.74, 6) is 0. The number of methoxy groups -OCH3 is 1. The maximum atomic E-state index is 4.59. The zero-order valence-electron chi connectivity index (χ0n) is 3.07. The first-order valence-corrected chi connectivity index (χ1v) is 2.24. The molecule has 0 saturated heterocycles. The molecule has 0 rings (SSSR count). The molecule has 5 heavy (non-hydrogen) atoms. The van der Waals surface area contributed by atoms with Crippen molar-refractivity contribution in [2.24, 2.45) is 0 Å².